The summed E-state index contributed by atoms with van der Waals surface area (Å²) in [5.41, 5.74) is 0. The quantitative estimate of drug-likeness (QED) is 0.622. The molecule has 0 saturated carbocycles. The zero-order chi connectivity index (χ0) is 11.8. The summed E-state index contributed by atoms with van der Waals surface area (Å²) >= 11 is 0. The van der Waals surface area contributed by atoms with Crippen LogP contribution in [-0.4, -0.2) is 36.1 Å². The zero-order valence-electron chi connectivity index (χ0n) is 11.1. The van der Waals surface area contributed by atoms with Gasteiger partial charge in [-0.05, 0) is 33.7 Å². The molecule has 15 heavy (non-hydrogen) atoms. The van der Waals surface area contributed by atoms with E-state index in [1.807, 2.05) is 6.08 Å². The first-order valence-corrected chi connectivity index (χ1v) is 6.09. The Morgan fingerprint density at radius 3 is 2.20 bits per heavy atom. The van der Waals surface area contributed by atoms with Crippen molar-refractivity contribution in [2.75, 3.05) is 13.1 Å². The molecule has 0 bridgehead atoms. The van der Waals surface area contributed by atoms with Crippen LogP contribution in [0.1, 0.15) is 41.0 Å². The highest BCUT2D eigenvalue weighted by Crippen LogP contribution is 2.08. The molecule has 0 saturated heterocycles. The van der Waals surface area contributed by atoms with Crippen molar-refractivity contribution in [2.45, 2.75) is 59.2 Å². The van der Waals surface area contributed by atoms with E-state index in [2.05, 4.69) is 51.4 Å². The Morgan fingerprint density at radius 2 is 1.80 bits per heavy atom. The van der Waals surface area contributed by atoms with Gasteiger partial charge in [0.25, 0.3) is 0 Å². The first-order chi connectivity index (χ1) is 6.99. The van der Waals surface area contributed by atoms with Crippen LogP contribution in [0, 0.1) is 0 Å². The van der Waals surface area contributed by atoms with Crippen molar-refractivity contribution in [3.05, 3.63) is 12.7 Å². The van der Waals surface area contributed by atoms with Crippen molar-refractivity contribution in [2.24, 2.45) is 0 Å². The molecular weight excluding hydrogens is 184 g/mol. The summed E-state index contributed by atoms with van der Waals surface area (Å²) in [7, 11) is 0. The van der Waals surface area contributed by atoms with Gasteiger partial charge < -0.3 is 5.32 Å². The molecule has 0 aliphatic carbocycles. The van der Waals surface area contributed by atoms with Gasteiger partial charge in [0.15, 0.2) is 0 Å². The first kappa shape index (κ1) is 14.7. The first-order valence-electron chi connectivity index (χ1n) is 6.09. The maximum Gasteiger partial charge on any atom is 0.0166 e. The number of nitrogens with zero attached hydrogens (tertiary/aromatic N) is 1. The molecule has 1 atom stereocenters. The molecule has 2 nitrogen and oxygen atoms in total. The van der Waals surface area contributed by atoms with E-state index in [-0.39, 0.29) is 0 Å². The Kier molecular flexibility index (Phi) is 7.71. The normalized spacial score (nSPS) is 13.9. The second-order valence-electron chi connectivity index (χ2n) is 4.83. The summed E-state index contributed by atoms with van der Waals surface area (Å²) in [6, 6.07) is 1.80. The molecular formula is C13H28N2. The SMILES string of the molecule is C=CCN(C(C)C)C(C)CCNC(C)C. The molecule has 0 spiro atoms. The number of hydrogen-bond acceptors (Lipinski definition) is 2. The van der Waals surface area contributed by atoms with E-state index in [0.717, 1.165) is 13.1 Å². The molecule has 90 valence electrons. The Balaban J connectivity index is 3.91. The maximum absolute atomic E-state index is 3.82. The van der Waals surface area contributed by atoms with E-state index in [0.29, 0.717) is 18.1 Å². The third-order valence-electron chi connectivity index (χ3n) is 2.68. The van der Waals surface area contributed by atoms with Crippen molar-refractivity contribution >= 4 is 0 Å². The second-order valence-corrected chi connectivity index (χ2v) is 4.83. The summed E-state index contributed by atoms with van der Waals surface area (Å²) in [5, 5.41) is 3.46. The van der Waals surface area contributed by atoms with Crippen LogP contribution in [0.4, 0.5) is 0 Å². The summed E-state index contributed by atoms with van der Waals surface area (Å²) in [5.74, 6) is 0. The smallest absolute Gasteiger partial charge is 0.0166 e. The van der Waals surface area contributed by atoms with Gasteiger partial charge in [-0.3, -0.25) is 4.90 Å². The molecule has 0 radical (unpaired) electrons. The standard InChI is InChI=1S/C13H28N2/c1-7-10-15(12(4)5)13(6)8-9-14-11(2)3/h7,11-14H,1,8-10H2,2-6H3. The van der Waals surface area contributed by atoms with Gasteiger partial charge in [-0.25, -0.2) is 0 Å². The summed E-state index contributed by atoms with van der Waals surface area (Å²) in [4.78, 5) is 2.48. The fourth-order valence-corrected chi connectivity index (χ4v) is 1.80. The van der Waals surface area contributed by atoms with Crippen molar-refractivity contribution in [3.63, 3.8) is 0 Å². The lowest BCUT2D eigenvalue weighted by Crippen LogP contribution is -2.40. The Bertz CT molecular complexity index is 164. The molecule has 1 N–H and O–H groups in total. The third-order valence-corrected chi connectivity index (χ3v) is 2.68. The molecule has 0 fully saturated rings. The molecule has 0 heterocycles. The monoisotopic (exact) mass is 212 g/mol. The van der Waals surface area contributed by atoms with Gasteiger partial charge in [-0.1, -0.05) is 19.9 Å². The highest BCUT2D eigenvalue weighted by atomic mass is 15.2. The molecule has 1 unspecified atom stereocenters. The summed E-state index contributed by atoms with van der Waals surface area (Å²) in [6.07, 6.45) is 3.19. The lowest BCUT2D eigenvalue weighted by molar-refractivity contribution is 0.174. The molecule has 0 aromatic heterocycles. The van der Waals surface area contributed by atoms with Gasteiger partial charge in [0, 0.05) is 24.7 Å². The van der Waals surface area contributed by atoms with E-state index < -0.39 is 0 Å². The summed E-state index contributed by atoms with van der Waals surface area (Å²) in [6.45, 7) is 17.1. The largest absolute Gasteiger partial charge is 0.314 e. The second kappa shape index (κ2) is 7.89. The van der Waals surface area contributed by atoms with Crippen LogP contribution in [0.5, 0.6) is 0 Å². The Morgan fingerprint density at radius 1 is 1.20 bits per heavy atom. The zero-order valence-corrected chi connectivity index (χ0v) is 11.1. The van der Waals surface area contributed by atoms with Crippen LogP contribution in [-0.2, 0) is 0 Å². The molecule has 0 aliphatic heterocycles. The predicted molar refractivity (Wildman–Crippen MR) is 69.3 cm³/mol. The summed E-state index contributed by atoms with van der Waals surface area (Å²) < 4.78 is 0. The lowest BCUT2D eigenvalue weighted by Gasteiger charge is -2.32. The highest BCUT2D eigenvalue weighted by molar-refractivity contribution is 4.80. The van der Waals surface area contributed by atoms with Gasteiger partial charge >= 0.3 is 0 Å². The fraction of sp³-hybridized carbons (Fsp3) is 0.846. The van der Waals surface area contributed by atoms with Crippen LogP contribution < -0.4 is 5.32 Å². The topological polar surface area (TPSA) is 15.3 Å². The number of nitrogens with one attached hydrogen (secondary N) is 1. The van der Waals surface area contributed by atoms with E-state index >= 15 is 0 Å². The Labute approximate surface area is 95.7 Å². The van der Waals surface area contributed by atoms with Crippen molar-refractivity contribution in [1.82, 2.24) is 10.2 Å². The minimum Gasteiger partial charge on any atom is -0.314 e. The van der Waals surface area contributed by atoms with Crippen LogP contribution >= 0.6 is 0 Å². The third kappa shape index (κ3) is 6.69. The lowest BCUT2D eigenvalue weighted by atomic mass is 10.1. The van der Waals surface area contributed by atoms with E-state index in [9.17, 15) is 0 Å². The van der Waals surface area contributed by atoms with Gasteiger partial charge in [-0.15, -0.1) is 6.58 Å². The minimum atomic E-state index is 0.587. The molecule has 0 rings (SSSR count). The highest BCUT2D eigenvalue weighted by Gasteiger charge is 2.14. The van der Waals surface area contributed by atoms with Crippen LogP contribution in [0.25, 0.3) is 0 Å². The van der Waals surface area contributed by atoms with Crippen LogP contribution in [0.3, 0.4) is 0 Å². The van der Waals surface area contributed by atoms with Gasteiger partial charge in [0.2, 0.25) is 0 Å². The average Bonchev–Trinajstić information content (AvgIpc) is 2.12. The molecule has 0 amide bonds. The van der Waals surface area contributed by atoms with E-state index in [4.69, 9.17) is 0 Å². The maximum atomic E-state index is 3.82. The van der Waals surface area contributed by atoms with Crippen molar-refractivity contribution < 1.29 is 0 Å². The van der Waals surface area contributed by atoms with Gasteiger partial charge in [-0.2, -0.15) is 0 Å². The fourth-order valence-electron chi connectivity index (χ4n) is 1.80. The molecule has 0 aliphatic rings. The average molecular weight is 212 g/mol. The molecule has 0 aromatic carbocycles. The van der Waals surface area contributed by atoms with Crippen LogP contribution in [0.15, 0.2) is 12.7 Å². The number of hydrogen-bond donors (Lipinski definition) is 1. The van der Waals surface area contributed by atoms with Crippen molar-refractivity contribution in [3.8, 4) is 0 Å². The van der Waals surface area contributed by atoms with Crippen LogP contribution in [0.2, 0.25) is 0 Å². The predicted octanol–water partition coefficient (Wildman–Crippen LogP) is 2.66. The van der Waals surface area contributed by atoms with Crippen molar-refractivity contribution in [1.29, 1.82) is 0 Å². The van der Waals surface area contributed by atoms with Gasteiger partial charge in [0.1, 0.15) is 0 Å². The molecule has 0 aromatic rings. The van der Waals surface area contributed by atoms with E-state index in [1.54, 1.807) is 0 Å². The molecule has 2 heteroatoms. The van der Waals surface area contributed by atoms with E-state index in [1.165, 1.54) is 6.42 Å². The van der Waals surface area contributed by atoms with Gasteiger partial charge in [0.05, 0.1) is 0 Å². The number of rotatable bonds is 8. The Hall–Kier alpha value is -0.340. The minimum absolute atomic E-state index is 0.587.